The number of hydrogen-bond donors (Lipinski definition) is 1. The number of amides is 1. The van der Waals surface area contributed by atoms with Gasteiger partial charge in [0.25, 0.3) is 0 Å². The maximum absolute atomic E-state index is 12.3. The van der Waals surface area contributed by atoms with Crippen LogP contribution in [-0.2, 0) is 11.3 Å². The van der Waals surface area contributed by atoms with Crippen molar-refractivity contribution in [3.63, 3.8) is 0 Å². The van der Waals surface area contributed by atoms with Gasteiger partial charge < -0.3 is 5.32 Å². The highest BCUT2D eigenvalue weighted by atomic mass is 32.1. The average molecular weight is 314 g/mol. The van der Waals surface area contributed by atoms with E-state index in [2.05, 4.69) is 15.3 Å². The topological polar surface area (TPSA) is 76.9 Å². The van der Waals surface area contributed by atoms with Crippen molar-refractivity contribution >= 4 is 27.6 Å². The first-order valence-electron chi connectivity index (χ1n) is 6.74. The minimum absolute atomic E-state index is 0.0600. The quantitative estimate of drug-likeness (QED) is 0.796. The van der Waals surface area contributed by atoms with Gasteiger partial charge in [-0.1, -0.05) is 30.3 Å². The molecule has 0 fully saturated rings. The number of nitrogens with one attached hydrogen (secondary N) is 1. The Bertz CT molecular complexity index is 899. The van der Waals surface area contributed by atoms with Gasteiger partial charge in [0.05, 0.1) is 5.01 Å². The lowest BCUT2D eigenvalue weighted by atomic mass is 10.1. The number of hydrogen-bond acceptors (Lipinski definition) is 5. The molecule has 7 heteroatoms. The second-order valence-corrected chi connectivity index (χ2v) is 5.94. The molecular weight excluding hydrogens is 300 g/mol. The third-order valence-corrected chi connectivity index (χ3v) is 4.25. The smallest absolute Gasteiger partial charge is 0.349 e. The van der Waals surface area contributed by atoms with Crippen LogP contribution in [0.5, 0.6) is 0 Å². The van der Waals surface area contributed by atoms with Crippen LogP contribution >= 0.6 is 11.3 Å². The van der Waals surface area contributed by atoms with Gasteiger partial charge in [0.1, 0.15) is 22.6 Å². The lowest BCUT2D eigenvalue weighted by molar-refractivity contribution is -0.121. The van der Waals surface area contributed by atoms with Crippen LogP contribution in [0.3, 0.4) is 0 Å². The van der Waals surface area contributed by atoms with E-state index < -0.39 is 5.69 Å². The van der Waals surface area contributed by atoms with Gasteiger partial charge in [0.15, 0.2) is 0 Å². The Morgan fingerprint density at radius 1 is 1.27 bits per heavy atom. The van der Waals surface area contributed by atoms with Crippen LogP contribution in [0.2, 0.25) is 0 Å². The number of fused-ring (bicyclic) bond motifs is 1. The summed E-state index contributed by atoms with van der Waals surface area (Å²) in [4.78, 5) is 33.3. The molecule has 1 N–H and O–H groups in total. The SMILES string of the molecule is CNC(=O)Cn1c(=O)nc(-c2ccccc2)c2nc(C)sc21. The normalized spacial score (nSPS) is 10.8. The molecule has 0 aliphatic rings. The average Bonchev–Trinajstić information content (AvgIpc) is 2.92. The van der Waals surface area contributed by atoms with Gasteiger partial charge >= 0.3 is 5.69 Å². The molecule has 3 aromatic rings. The Labute approximate surface area is 130 Å². The van der Waals surface area contributed by atoms with Crippen molar-refractivity contribution < 1.29 is 4.79 Å². The predicted octanol–water partition coefficient (Wildman–Crippen LogP) is 1.57. The van der Waals surface area contributed by atoms with Crippen LogP contribution in [0, 0.1) is 6.92 Å². The van der Waals surface area contributed by atoms with Crippen LogP contribution in [-0.4, -0.2) is 27.5 Å². The number of aryl methyl sites for hydroxylation is 1. The number of benzene rings is 1. The van der Waals surface area contributed by atoms with Crippen LogP contribution in [0.1, 0.15) is 5.01 Å². The van der Waals surface area contributed by atoms with E-state index in [-0.39, 0.29) is 12.5 Å². The number of thiazole rings is 1. The molecule has 0 aliphatic heterocycles. The van der Waals surface area contributed by atoms with E-state index in [1.165, 1.54) is 23.0 Å². The fourth-order valence-electron chi connectivity index (χ4n) is 2.21. The summed E-state index contributed by atoms with van der Waals surface area (Å²) in [5.41, 5.74) is 1.59. The van der Waals surface area contributed by atoms with Gasteiger partial charge in [-0.3, -0.25) is 9.36 Å². The lowest BCUT2D eigenvalue weighted by Gasteiger charge is -2.08. The first-order chi connectivity index (χ1) is 10.6. The van der Waals surface area contributed by atoms with Crippen molar-refractivity contribution in [2.75, 3.05) is 7.05 Å². The van der Waals surface area contributed by atoms with E-state index in [1.54, 1.807) is 0 Å². The van der Waals surface area contributed by atoms with Crippen molar-refractivity contribution in [2.45, 2.75) is 13.5 Å². The molecule has 0 saturated heterocycles. The number of carbonyl (C=O) groups excluding carboxylic acids is 1. The van der Waals surface area contributed by atoms with Crippen LogP contribution in [0.25, 0.3) is 21.6 Å². The summed E-state index contributed by atoms with van der Waals surface area (Å²) in [6.45, 7) is 1.81. The van der Waals surface area contributed by atoms with Crippen LogP contribution in [0.4, 0.5) is 0 Å². The van der Waals surface area contributed by atoms with Crippen molar-refractivity contribution in [1.29, 1.82) is 0 Å². The van der Waals surface area contributed by atoms with E-state index in [9.17, 15) is 9.59 Å². The molecule has 0 aliphatic carbocycles. The number of nitrogens with zero attached hydrogens (tertiary/aromatic N) is 3. The highest BCUT2D eigenvalue weighted by Gasteiger charge is 2.17. The summed E-state index contributed by atoms with van der Waals surface area (Å²) in [5.74, 6) is -0.247. The molecular formula is C15H14N4O2S. The Morgan fingerprint density at radius 2 is 2.00 bits per heavy atom. The highest BCUT2D eigenvalue weighted by Crippen LogP contribution is 2.28. The van der Waals surface area contributed by atoms with Gasteiger partial charge in [-0.15, -0.1) is 11.3 Å². The zero-order valence-electron chi connectivity index (χ0n) is 12.2. The standard InChI is InChI=1S/C15H14N4O2S/c1-9-17-13-12(10-6-4-3-5-7-10)18-15(21)19(14(13)22-9)8-11(20)16-2/h3-7H,8H2,1-2H3,(H,16,20). The van der Waals surface area contributed by atoms with Gasteiger partial charge in [0.2, 0.25) is 5.91 Å². The summed E-state index contributed by atoms with van der Waals surface area (Å²) < 4.78 is 1.37. The summed E-state index contributed by atoms with van der Waals surface area (Å²) in [6.07, 6.45) is 0. The molecule has 22 heavy (non-hydrogen) atoms. The molecule has 1 amide bonds. The first-order valence-corrected chi connectivity index (χ1v) is 7.56. The largest absolute Gasteiger partial charge is 0.358 e. The summed E-state index contributed by atoms with van der Waals surface area (Å²) in [6, 6.07) is 9.45. The number of likely N-dealkylation sites (N-methyl/N-ethyl adjacent to an activating group) is 1. The molecule has 0 saturated carbocycles. The van der Waals surface area contributed by atoms with Crippen LogP contribution in [0.15, 0.2) is 35.1 Å². The molecule has 0 unspecified atom stereocenters. The van der Waals surface area contributed by atoms with Crippen molar-refractivity contribution in [3.8, 4) is 11.3 Å². The minimum atomic E-state index is -0.446. The van der Waals surface area contributed by atoms with Gasteiger partial charge in [-0.2, -0.15) is 4.98 Å². The van der Waals surface area contributed by atoms with E-state index in [4.69, 9.17) is 0 Å². The third kappa shape index (κ3) is 2.50. The molecule has 0 spiro atoms. The third-order valence-electron chi connectivity index (χ3n) is 3.25. The molecule has 0 bridgehead atoms. The van der Waals surface area contributed by atoms with Crippen molar-refractivity contribution in [3.05, 3.63) is 45.8 Å². The Kier molecular flexibility index (Phi) is 3.72. The predicted molar refractivity (Wildman–Crippen MR) is 85.9 cm³/mol. The van der Waals surface area contributed by atoms with E-state index >= 15 is 0 Å². The maximum Gasteiger partial charge on any atom is 0.349 e. The maximum atomic E-state index is 12.3. The number of rotatable bonds is 3. The molecule has 6 nitrogen and oxygen atoms in total. The molecule has 0 radical (unpaired) electrons. The fraction of sp³-hybridized carbons (Fsp3) is 0.200. The fourth-order valence-corrected chi connectivity index (χ4v) is 3.12. The van der Waals surface area contributed by atoms with E-state index in [0.717, 1.165) is 10.6 Å². The minimum Gasteiger partial charge on any atom is -0.358 e. The monoisotopic (exact) mass is 314 g/mol. The molecule has 1 aromatic carbocycles. The van der Waals surface area contributed by atoms with Gasteiger partial charge in [-0.05, 0) is 6.92 Å². The van der Waals surface area contributed by atoms with Crippen molar-refractivity contribution in [1.82, 2.24) is 19.9 Å². The van der Waals surface area contributed by atoms with Gasteiger partial charge in [0, 0.05) is 12.6 Å². The van der Waals surface area contributed by atoms with E-state index in [0.29, 0.717) is 16.0 Å². The van der Waals surface area contributed by atoms with Gasteiger partial charge in [-0.25, -0.2) is 9.78 Å². The van der Waals surface area contributed by atoms with Crippen molar-refractivity contribution in [2.24, 2.45) is 0 Å². The zero-order valence-corrected chi connectivity index (χ0v) is 13.0. The second kappa shape index (κ2) is 5.69. The highest BCUT2D eigenvalue weighted by molar-refractivity contribution is 7.18. The second-order valence-electron chi connectivity index (χ2n) is 4.75. The Hall–Kier alpha value is -2.54. The molecule has 3 rings (SSSR count). The van der Waals surface area contributed by atoms with Crippen LogP contribution < -0.4 is 11.0 Å². The summed E-state index contributed by atoms with van der Waals surface area (Å²) >= 11 is 1.39. The Balaban J connectivity index is 2.28. The Morgan fingerprint density at radius 3 is 2.68 bits per heavy atom. The zero-order chi connectivity index (χ0) is 15.7. The van der Waals surface area contributed by atoms with E-state index in [1.807, 2.05) is 37.3 Å². The molecule has 112 valence electrons. The summed E-state index contributed by atoms with van der Waals surface area (Å²) in [5, 5.41) is 3.34. The molecule has 2 heterocycles. The molecule has 2 aromatic heterocycles. The first kappa shape index (κ1) is 14.4. The number of aromatic nitrogens is 3. The molecule has 0 atom stereocenters. The summed E-state index contributed by atoms with van der Waals surface area (Å²) in [7, 11) is 1.54. The lowest BCUT2D eigenvalue weighted by Crippen LogP contribution is -2.31. The number of carbonyl (C=O) groups is 1.